The number of hydrogen-bond acceptors (Lipinski definition) is 4. The van der Waals surface area contributed by atoms with E-state index in [-0.39, 0.29) is 6.17 Å². The zero-order valence-corrected chi connectivity index (χ0v) is 17.4. The van der Waals surface area contributed by atoms with Gasteiger partial charge in [-0.15, -0.1) is 0 Å². The van der Waals surface area contributed by atoms with Crippen LogP contribution in [0.1, 0.15) is 12.6 Å². The second-order valence-electron chi connectivity index (χ2n) is 8.14. The van der Waals surface area contributed by atoms with Gasteiger partial charge in [0.15, 0.2) is 0 Å². The highest BCUT2D eigenvalue weighted by Crippen LogP contribution is 2.33. The maximum Gasteiger partial charge on any atom is 0.148 e. The molecule has 0 amide bonds. The van der Waals surface area contributed by atoms with Crippen LogP contribution in [-0.4, -0.2) is 57.3 Å². The number of nitrogens with zero attached hydrogens (tertiary/aromatic N) is 5. The summed E-state index contributed by atoms with van der Waals surface area (Å²) in [6.45, 7) is 4.56. The first-order valence-corrected chi connectivity index (χ1v) is 11.0. The van der Waals surface area contributed by atoms with E-state index >= 15 is 0 Å². The van der Waals surface area contributed by atoms with E-state index in [9.17, 15) is 0 Å². The fraction of sp³-hybridized carbons (Fsp3) is 0.280. The lowest BCUT2D eigenvalue weighted by atomic mass is 10.2. The number of para-hydroxylation sites is 2. The normalized spacial score (nSPS) is 16.4. The molecule has 3 heterocycles. The number of benzene rings is 3. The van der Waals surface area contributed by atoms with Crippen LogP contribution in [0.25, 0.3) is 32.8 Å². The Hall–Kier alpha value is -3.22. The molecule has 0 saturated carbocycles. The maximum atomic E-state index is 5.54. The fourth-order valence-electron chi connectivity index (χ4n) is 4.75. The molecule has 0 bridgehead atoms. The number of hydrogen-bond donors (Lipinski definition) is 0. The molecule has 1 fully saturated rings. The van der Waals surface area contributed by atoms with Crippen LogP contribution in [0, 0.1) is 0 Å². The Morgan fingerprint density at radius 2 is 1.29 bits per heavy atom. The highest BCUT2D eigenvalue weighted by atomic mass is 16.5. The molecular formula is C25H25N5O. The van der Waals surface area contributed by atoms with Gasteiger partial charge in [-0.2, -0.15) is 15.0 Å². The molecule has 6 nitrogen and oxygen atoms in total. The van der Waals surface area contributed by atoms with Crippen LogP contribution in [0.3, 0.4) is 0 Å². The zero-order chi connectivity index (χ0) is 20.6. The lowest BCUT2D eigenvalue weighted by Gasteiger charge is -2.29. The molecule has 0 spiro atoms. The summed E-state index contributed by atoms with van der Waals surface area (Å²) in [5, 5.41) is 12.3. The van der Waals surface area contributed by atoms with Crippen molar-refractivity contribution in [3.05, 3.63) is 72.8 Å². The van der Waals surface area contributed by atoms with Gasteiger partial charge in [-0.25, -0.2) is 0 Å². The van der Waals surface area contributed by atoms with Crippen LogP contribution >= 0.6 is 0 Å². The lowest BCUT2D eigenvalue weighted by Crippen LogP contribution is -2.38. The van der Waals surface area contributed by atoms with E-state index in [2.05, 4.69) is 58.0 Å². The number of ether oxygens (including phenoxy) is 1. The summed E-state index contributed by atoms with van der Waals surface area (Å²) in [5.74, 6) is 0. The topological polar surface area (TPSA) is 48.1 Å². The molecule has 0 aliphatic carbocycles. The molecule has 1 saturated heterocycles. The maximum absolute atomic E-state index is 5.54. The fourth-order valence-corrected chi connectivity index (χ4v) is 4.75. The molecule has 6 rings (SSSR count). The Kier molecular flexibility index (Phi) is 4.66. The minimum Gasteiger partial charge on any atom is -0.379 e. The van der Waals surface area contributed by atoms with Gasteiger partial charge in [-0.05, 0) is 24.3 Å². The minimum absolute atomic E-state index is 0.0138. The average molecular weight is 412 g/mol. The van der Waals surface area contributed by atoms with Crippen LogP contribution in [0.2, 0.25) is 0 Å². The van der Waals surface area contributed by atoms with Crippen molar-refractivity contribution in [2.24, 2.45) is 0 Å². The Balaban J connectivity index is 1.51. The molecule has 0 N–H and O–H groups in total. The quantitative estimate of drug-likeness (QED) is 0.432. The first-order valence-electron chi connectivity index (χ1n) is 11.0. The standard InChI is InChI=1S/C25H25N5O/c1-5-11-23-19(7-1)20-8-2-6-12-24(20)29(23)25(13-14-28-15-17-31-18-16-28)30-26-21-9-3-4-10-22(21)27-30/h1-12,25H,13-18H2. The van der Waals surface area contributed by atoms with Crippen molar-refractivity contribution in [2.45, 2.75) is 12.6 Å². The van der Waals surface area contributed by atoms with Gasteiger partial charge in [0.05, 0.1) is 24.2 Å². The van der Waals surface area contributed by atoms with E-state index < -0.39 is 0 Å². The summed E-state index contributed by atoms with van der Waals surface area (Å²) in [6, 6.07) is 25.4. The summed E-state index contributed by atoms with van der Waals surface area (Å²) in [7, 11) is 0. The van der Waals surface area contributed by atoms with Crippen LogP contribution in [0.5, 0.6) is 0 Å². The molecule has 1 unspecified atom stereocenters. The van der Waals surface area contributed by atoms with Gasteiger partial charge in [0.2, 0.25) is 0 Å². The highest BCUT2D eigenvalue weighted by molar-refractivity contribution is 6.08. The van der Waals surface area contributed by atoms with Crippen molar-refractivity contribution in [2.75, 3.05) is 32.8 Å². The van der Waals surface area contributed by atoms with E-state index in [0.717, 1.165) is 50.3 Å². The third-order valence-electron chi connectivity index (χ3n) is 6.29. The van der Waals surface area contributed by atoms with Gasteiger partial charge in [0, 0.05) is 36.8 Å². The predicted octanol–water partition coefficient (Wildman–Crippen LogP) is 4.31. The summed E-state index contributed by atoms with van der Waals surface area (Å²) in [4.78, 5) is 4.40. The first kappa shape index (κ1) is 18.5. The number of morpholine rings is 1. The van der Waals surface area contributed by atoms with E-state index in [1.54, 1.807) is 0 Å². The SMILES string of the molecule is c1ccc2nn(C(CCN3CCOCC3)n3c4ccccc4c4ccccc43)nc2c1. The van der Waals surface area contributed by atoms with Gasteiger partial charge in [0.25, 0.3) is 0 Å². The monoisotopic (exact) mass is 411 g/mol. The third-order valence-corrected chi connectivity index (χ3v) is 6.29. The Labute approximate surface area is 180 Å². The van der Waals surface area contributed by atoms with Gasteiger partial charge in [0.1, 0.15) is 17.2 Å². The molecule has 1 aliphatic rings. The predicted molar refractivity (Wildman–Crippen MR) is 123 cm³/mol. The van der Waals surface area contributed by atoms with Crippen LogP contribution in [0.4, 0.5) is 0 Å². The van der Waals surface area contributed by atoms with E-state index in [0.29, 0.717) is 0 Å². The van der Waals surface area contributed by atoms with E-state index in [1.807, 2.05) is 29.1 Å². The molecule has 156 valence electrons. The molecule has 6 heteroatoms. The third kappa shape index (κ3) is 3.28. The molecule has 3 aromatic carbocycles. The van der Waals surface area contributed by atoms with Gasteiger partial charge < -0.3 is 9.30 Å². The van der Waals surface area contributed by atoms with Gasteiger partial charge in [-0.1, -0.05) is 48.5 Å². The second kappa shape index (κ2) is 7.80. The number of aromatic nitrogens is 4. The Bertz CT molecular complexity index is 1260. The van der Waals surface area contributed by atoms with E-state index in [1.165, 1.54) is 21.8 Å². The van der Waals surface area contributed by atoms with Crippen molar-refractivity contribution in [1.82, 2.24) is 24.5 Å². The first-order chi connectivity index (χ1) is 15.4. The molecule has 2 aromatic heterocycles. The summed E-state index contributed by atoms with van der Waals surface area (Å²) in [5.41, 5.74) is 4.30. The average Bonchev–Trinajstić information content (AvgIpc) is 3.40. The highest BCUT2D eigenvalue weighted by Gasteiger charge is 2.23. The van der Waals surface area contributed by atoms with Crippen molar-refractivity contribution >= 4 is 32.8 Å². The second-order valence-corrected chi connectivity index (χ2v) is 8.14. The molecule has 5 aromatic rings. The molecule has 31 heavy (non-hydrogen) atoms. The number of fused-ring (bicyclic) bond motifs is 4. The van der Waals surface area contributed by atoms with Crippen molar-refractivity contribution in [3.63, 3.8) is 0 Å². The molecule has 0 radical (unpaired) electrons. The molecule has 1 atom stereocenters. The van der Waals surface area contributed by atoms with Crippen LogP contribution < -0.4 is 0 Å². The van der Waals surface area contributed by atoms with Crippen molar-refractivity contribution < 1.29 is 4.74 Å². The minimum atomic E-state index is -0.0138. The smallest absolute Gasteiger partial charge is 0.148 e. The van der Waals surface area contributed by atoms with Crippen LogP contribution in [-0.2, 0) is 4.74 Å². The van der Waals surface area contributed by atoms with Crippen LogP contribution in [0.15, 0.2) is 72.8 Å². The number of rotatable bonds is 5. The van der Waals surface area contributed by atoms with Crippen molar-refractivity contribution in [3.8, 4) is 0 Å². The Morgan fingerprint density at radius 1 is 0.742 bits per heavy atom. The molecule has 1 aliphatic heterocycles. The summed E-state index contributed by atoms with van der Waals surface area (Å²) >= 11 is 0. The van der Waals surface area contributed by atoms with E-state index in [4.69, 9.17) is 14.9 Å². The van der Waals surface area contributed by atoms with Crippen molar-refractivity contribution in [1.29, 1.82) is 0 Å². The Morgan fingerprint density at radius 3 is 1.90 bits per heavy atom. The molecular weight excluding hydrogens is 386 g/mol. The zero-order valence-electron chi connectivity index (χ0n) is 17.4. The largest absolute Gasteiger partial charge is 0.379 e. The summed E-state index contributed by atoms with van der Waals surface area (Å²) < 4.78 is 7.96. The van der Waals surface area contributed by atoms with Gasteiger partial charge >= 0.3 is 0 Å². The van der Waals surface area contributed by atoms with Gasteiger partial charge in [-0.3, -0.25) is 4.90 Å². The summed E-state index contributed by atoms with van der Waals surface area (Å²) in [6.07, 6.45) is 0.906. The lowest BCUT2D eigenvalue weighted by molar-refractivity contribution is 0.0347.